The molecule has 0 fully saturated rings. The van der Waals surface area contributed by atoms with Crippen molar-refractivity contribution >= 4 is 27.9 Å². The predicted octanol–water partition coefficient (Wildman–Crippen LogP) is 3.40. The van der Waals surface area contributed by atoms with Gasteiger partial charge in [-0.1, -0.05) is 15.9 Å². The zero-order valence-corrected chi connectivity index (χ0v) is 12.4. The second-order valence-corrected chi connectivity index (χ2v) is 5.01. The molecule has 0 atom stereocenters. The minimum atomic E-state index is -0.590. The maximum absolute atomic E-state index is 13.6. The van der Waals surface area contributed by atoms with E-state index in [4.69, 9.17) is 9.68 Å². The van der Waals surface area contributed by atoms with Crippen LogP contribution in [-0.4, -0.2) is 5.91 Å². The van der Waals surface area contributed by atoms with E-state index >= 15 is 0 Å². The molecule has 2 aromatic rings. The molecule has 4 nitrogen and oxygen atoms in total. The van der Waals surface area contributed by atoms with Gasteiger partial charge in [0.15, 0.2) is 0 Å². The monoisotopic (exact) mass is 348 g/mol. The Morgan fingerprint density at radius 3 is 2.95 bits per heavy atom. The van der Waals surface area contributed by atoms with Crippen molar-refractivity contribution in [2.75, 3.05) is 0 Å². The van der Waals surface area contributed by atoms with E-state index in [-0.39, 0.29) is 17.7 Å². The van der Waals surface area contributed by atoms with Gasteiger partial charge in [0.2, 0.25) is 0 Å². The maximum Gasteiger partial charge on any atom is 0.262 e. The molecular weight excluding hydrogens is 339 g/mol. The van der Waals surface area contributed by atoms with Crippen LogP contribution in [-0.2, 0) is 11.3 Å². The number of carbonyl (C=O) groups excluding carboxylic acids is 1. The second kappa shape index (κ2) is 6.86. The van der Waals surface area contributed by atoms with Crippen LogP contribution in [0, 0.1) is 17.1 Å². The lowest BCUT2D eigenvalue weighted by Crippen LogP contribution is -2.23. The lowest BCUT2D eigenvalue weighted by Gasteiger charge is -2.03. The molecule has 0 aliphatic carbocycles. The van der Waals surface area contributed by atoms with Gasteiger partial charge in [-0.15, -0.1) is 0 Å². The molecule has 2 rings (SSSR count). The van der Waals surface area contributed by atoms with Crippen molar-refractivity contribution in [2.24, 2.45) is 0 Å². The van der Waals surface area contributed by atoms with Crippen molar-refractivity contribution in [2.45, 2.75) is 6.54 Å². The third-order valence-corrected chi connectivity index (χ3v) is 3.12. The Bertz CT molecular complexity index is 718. The Hall–Kier alpha value is -2.39. The van der Waals surface area contributed by atoms with E-state index < -0.39 is 11.7 Å². The van der Waals surface area contributed by atoms with Crippen LogP contribution in [0.1, 0.15) is 11.3 Å². The number of hydrogen-bond donors (Lipinski definition) is 1. The zero-order valence-electron chi connectivity index (χ0n) is 10.8. The van der Waals surface area contributed by atoms with Gasteiger partial charge in [-0.25, -0.2) is 4.39 Å². The first-order chi connectivity index (χ1) is 10.1. The quantitative estimate of drug-likeness (QED) is 0.680. The van der Waals surface area contributed by atoms with E-state index in [1.54, 1.807) is 18.2 Å². The largest absolute Gasteiger partial charge is 0.467 e. The summed E-state index contributed by atoms with van der Waals surface area (Å²) in [6, 6.07) is 9.44. The molecule has 0 saturated carbocycles. The molecule has 0 unspecified atom stereocenters. The number of benzene rings is 1. The average molecular weight is 349 g/mol. The summed E-state index contributed by atoms with van der Waals surface area (Å²) in [6.45, 7) is 0.159. The minimum Gasteiger partial charge on any atom is -0.467 e. The van der Waals surface area contributed by atoms with Crippen LogP contribution in [0.3, 0.4) is 0 Å². The summed E-state index contributed by atoms with van der Waals surface area (Å²) in [5.74, 6) is -0.535. The Labute approximate surface area is 129 Å². The second-order valence-electron chi connectivity index (χ2n) is 4.10. The summed E-state index contributed by atoms with van der Waals surface area (Å²) < 4.78 is 19.3. The van der Waals surface area contributed by atoms with Gasteiger partial charge in [0.25, 0.3) is 5.91 Å². The van der Waals surface area contributed by atoms with Crippen molar-refractivity contribution in [3.8, 4) is 6.07 Å². The average Bonchev–Trinajstić information content (AvgIpc) is 2.99. The van der Waals surface area contributed by atoms with E-state index in [2.05, 4.69) is 21.2 Å². The van der Waals surface area contributed by atoms with Gasteiger partial charge in [-0.2, -0.15) is 5.26 Å². The first-order valence-electron chi connectivity index (χ1n) is 5.97. The maximum atomic E-state index is 13.6. The van der Waals surface area contributed by atoms with E-state index in [9.17, 15) is 9.18 Å². The van der Waals surface area contributed by atoms with Gasteiger partial charge >= 0.3 is 0 Å². The Morgan fingerprint density at radius 2 is 2.29 bits per heavy atom. The highest BCUT2D eigenvalue weighted by Crippen LogP contribution is 2.18. The molecule has 1 aromatic carbocycles. The van der Waals surface area contributed by atoms with Crippen LogP contribution in [0.25, 0.3) is 6.08 Å². The molecule has 1 N–H and O–H groups in total. The molecule has 0 aliphatic rings. The van der Waals surface area contributed by atoms with Crippen molar-refractivity contribution in [3.05, 3.63) is 63.8 Å². The SMILES string of the molecule is N#CC(=Cc1cc(Br)ccc1F)C(=O)NCc1ccco1. The smallest absolute Gasteiger partial charge is 0.262 e. The Balaban J connectivity index is 2.14. The predicted molar refractivity (Wildman–Crippen MR) is 78.2 cm³/mol. The number of nitrogens with zero attached hydrogens (tertiary/aromatic N) is 1. The fraction of sp³-hybridized carbons (Fsp3) is 0.0667. The normalized spacial score (nSPS) is 11.0. The molecule has 0 saturated heterocycles. The van der Waals surface area contributed by atoms with Crippen molar-refractivity contribution in [3.63, 3.8) is 0 Å². The van der Waals surface area contributed by atoms with Gasteiger partial charge in [0.1, 0.15) is 23.2 Å². The van der Waals surface area contributed by atoms with Crippen LogP contribution in [0.5, 0.6) is 0 Å². The van der Waals surface area contributed by atoms with Crippen LogP contribution < -0.4 is 5.32 Å². The topological polar surface area (TPSA) is 66.0 Å². The summed E-state index contributed by atoms with van der Waals surface area (Å²) in [6.07, 6.45) is 2.69. The number of halogens is 2. The minimum absolute atomic E-state index is 0.159. The number of nitriles is 1. The van der Waals surface area contributed by atoms with Gasteiger partial charge in [0, 0.05) is 10.0 Å². The van der Waals surface area contributed by atoms with Crippen LogP contribution in [0.4, 0.5) is 4.39 Å². The molecule has 1 heterocycles. The number of nitrogens with one attached hydrogen (secondary N) is 1. The highest BCUT2D eigenvalue weighted by Gasteiger charge is 2.11. The number of furan rings is 1. The lowest BCUT2D eigenvalue weighted by atomic mass is 10.1. The molecule has 0 aliphatic heterocycles. The van der Waals surface area contributed by atoms with E-state index in [1.807, 2.05) is 0 Å². The number of hydrogen-bond acceptors (Lipinski definition) is 3. The lowest BCUT2D eigenvalue weighted by molar-refractivity contribution is -0.117. The molecule has 106 valence electrons. The molecule has 0 radical (unpaired) electrons. The summed E-state index contributed by atoms with van der Waals surface area (Å²) in [5, 5.41) is 11.6. The standard InChI is InChI=1S/C15H10BrFN2O2/c16-12-3-4-14(17)10(7-12)6-11(8-18)15(20)19-9-13-2-1-5-21-13/h1-7H,9H2,(H,19,20). The summed E-state index contributed by atoms with van der Waals surface area (Å²) in [5.41, 5.74) is -0.0207. The van der Waals surface area contributed by atoms with E-state index in [0.29, 0.717) is 10.2 Å². The number of carbonyl (C=O) groups is 1. The van der Waals surface area contributed by atoms with Crippen LogP contribution >= 0.6 is 15.9 Å². The fourth-order valence-corrected chi connectivity index (χ4v) is 1.98. The first-order valence-corrected chi connectivity index (χ1v) is 6.77. The molecule has 0 bridgehead atoms. The molecule has 21 heavy (non-hydrogen) atoms. The Morgan fingerprint density at radius 1 is 1.48 bits per heavy atom. The van der Waals surface area contributed by atoms with Crippen molar-refractivity contribution in [1.29, 1.82) is 5.26 Å². The Kier molecular flexibility index (Phi) is 4.90. The molecule has 6 heteroatoms. The molecule has 1 aromatic heterocycles. The van der Waals surface area contributed by atoms with Crippen LogP contribution in [0.2, 0.25) is 0 Å². The van der Waals surface area contributed by atoms with Crippen LogP contribution in [0.15, 0.2) is 51.1 Å². The zero-order chi connectivity index (χ0) is 15.2. The molecule has 0 spiro atoms. The fourth-order valence-electron chi connectivity index (χ4n) is 1.61. The van der Waals surface area contributed by atoms with Gasteiger partial charge < -0.3 is 9.73 Å². The summed E-state index contributed by atoms with van der Waals surface area (Å²) in [4.78, 5) is 11.9. The van der Waals surface area contributed by atoms with Gasteiger partial charge in [-0.3, -0.25) is 4.79 Å². The molecular formula is C15H10BrFN2O2. The van der Waals surface area contributed by atoms with E-state index in [0.717, 1.165) is 0 Å². The van der Waals surface area contributed by atoms with Crippen molar-refractivity contribution < 1.29 is 13.6 Å². The van der Waals surface area contributed by atoms with Gasteiger partial charge in [-0.05, 0) is 36.4 Å². The third kappa shape index (κ3) is 4.04. The number of amides is 1. The van der Waals surface area contributed by atoms with Crippen molar-refractivity contribution in [1.82, 2.24) is 5.32 Å². The first kappa shape index (κ1) is 15.0. The third-order valence-electron chi connectivity index (χ3n) is 2.63. The van der Waals surface area contributed by atoms with E-state index in [1.165, 1.54) is 30.5 Å². The number of rotatable bonds is 4. The highest BCUT2D eigenvalue weighted by atomic mass is 79.9. The summed E-state index contributed by atoms with van der Waals surface area (Å²) in [7, 11) is 0. The van der Waals surface area contributed by atoms with Gasteiger partial charge in [0.05, 0.1) is 12.8 Å². The molecule has 1 amide bonds. The summed E-state index contributed by atoms with van der Waals surface area (Å²) >= 11 is 3.21. The highest BCUT2D eigenvalue weighted by molar-refractivity contribution is 9.10.